The molecule has 1 atom stereocenters. The summed E-state index contributed by atoms with van der Waals surface area (Å²) in [5.41, 5.74) is 2.84. The number of thiazole rings is 1. The zero-order chi connectivity index (χ0) is 22.8. The summed E-state index contributed by atoms with van der Waals surface area (Å²) in [6.45, 7) is 0. The molecule has 0 saturated heterocycles. The second-order valence-corrected chi connectivity index (χ2v) is 8.74. The second-order valence-electron chi connectivity index (χ2n) is 6.56. The number of nitrogens with zero attached hydrogens (tertiary/aromatic N) is 2. The number of carbonyl (C=O) groups excluding carboxylic acids is 2. The van der Waals surface area contributed by atoms with Gasteiger partial charge in [0, 0.05) is 25.2 Å². The van der Waals surface area contributed by atoms with E-state index in [1.807, 2.05) is 0 Å². The van der Waals surface area contributed by atoms with E-state index in [9.17, 15) is 26.8 Å². The number of urea groups is 1. The van der Waals surface area contributed by atoms with Gasteiger partial charge in [0.15, 0.2) is 0 Å². The SMILES string of the molecule is CN(C(=O)[C@H](Cc1cc(F)cc(F)c1)NC(=O)NS(N)(=O)=O)c1ccc2scnc2c1. The molecule has 0 unspecified atom stereocenters. The molecule has 2 aromatic carbocycles. The lowest BCUT2D eigenvalue weighted by Gasteiger charge is -2.25. The first kappa shape index (κ1) is 22.5. The lowest BCUT2D eigenvalue weighted by molar-refractivity contribution is -0.120. The van der Waals surface area contributed by atoms with Crippen molar-refractivity contribution in [1.82, 2.24) is 15.0 Å². The predicted molar refractivity (Wildman–Crippen MR) is 112 cm³/mol. The van der Waals surface area contributed by atoms with Crippen molar-refractivity contribution in [1.29, 1.82) is 0 Å². The highest BCUT2D eigenvalue weighted by atomic mass is 32.2. The summed E-state index contributed by atoms with van der Waals surface area (Å²) in [5.74, 6) is -2.39. The summed E-state index contributed by atoms with van der Waals surface area (Å²) in [5, 5.41) is 6.96. The number of aromatic nitrogens is 1. The highest BCUT2D eigenvalue weighted by Gasteiger charge is 2.27. The Labute approximate surface area is 180 Å². The standard InChI is InChI=1S/C18H17F2N5O4S2/c1-25(13-2-3-16-14(8-13)22-9-30-16)17(26)15(23-18(27)24-31(21,28)29)6-10-4-11(19)7-12(20)5-10/h2-5,7-9,15H,6H2,1H3,(H2,21,28,29)(H2,23,24,27)/t15-/m0/s1. The third-order valence-electron chi connectivity index (χ3n) is 4.23. The molecule has 3 amide bonds. The van der Waals surface area contributed by atoms with E-state index in [4.69, 9.17) is 5.14 Å². The van der Waals surface area contributed by atoms with Crippen molar-refractivity contribution in [2.75, 3.05) is 11.9 Å². The summed E-state index contributed by atoms with van der Waals surface area (Å²) in [4.78, 5) is 30.5. The number of hydrogen-bond donors (Lipinski definition) is 3. The van der Waals surface area contributed by atoms with Crippen LogP contribution in [0.2, 0.25) is 0 Å². The first-order chi connectivity index (χ1) is 14.5. The number of rotatable bonds is 6. The molecule has 1 aromatic heterocycles. The minimum atomic E-state index is -4.39. The molecule has 0 fully saturated rings. The number of carbonyl (C=O) groups is 2. The number of benzene rings is 2. The topological polar surface area (TPSA) is 134 Å². The molecule has 9 nitrogen and oxygen atoms in total. The molecule has 0 aliphatic heterocycles. The summed E-state index contributed by atoms with van der Waals surface area (Å²) in [6.07, 6.45) is -0.311. The Hall–Kier alpha value is -3.16. The van der Waals surface area contributed by atoms with Crippen molar-refractivity contribution in [2.45, 2.75) is 12.5 Å². The monoisotopic (exact) mass is 469 g/mol. The van der Waals surface area contributed by atoms with Crippen LogP contribution in [0.1, 0.15) is 5.56 Å². The molecule has 0 aliphatic rings. The van der Waals surface area contributed by atoms with Crippen LogP contribution in [0.15, 0.2) is 41.9 Å². The van der Waals surface area contributed by atoms with Crippen LogP contribution in [0.3, 0.4) is 0 Å². The third kappa shape index (κ3) is 5.93. The highest BCUT2D eigenvalue weighted by molar-refractivity contribution is 7.87. The molecule has 3 rings (SSSR count). The fourth-order valence-corrected chi connectivity index (χ4v) is 3.87. The van der Waals surface area contributed by atoms with Crippen LogP contribution in [-0.2, 0) is 21.4 Å². The van der Waals surface area contributed by atoms with Crippen LogP contribution in [-0.4, -0.2) is 38.4 Å². The lowest BCUT2D eigenvalue weighted by atomic mass is 10.0. The van der Waals surface area contributed by atoms with Crippen molar-refractivity contribution >= 4 is 49.4 Å². The Morgan fingerprint density at radius 1 is 1.19 bits per heavy atom. The normalized spacial score (nSPS) is 12.4. The van der Waals surface area contributed by atoms with E-state index in [2.05, 4.69) is 10.3 Å². The van der Waals surface area contributed by atoms with Gasteiger partial charge in [-0.25, -0.2) is 28.4 Å². The first-order valence-corrected chi connectivity index (χ1v) is 11.1. The molecule has 31 heavy (non-hydrogen) atoms. The molecular formula is C18H17F2N5O4S2. The number of hydrogen-bond acceptors (Lipinski definition) is 6. The molecule has 13 heteroatoms. The number of likely N-dealkylation sites (N-methyl/N-ethyl adjacent to an activating group) is 1. The van der Waals surface area contributed by atoms with Crippen LogP contribution >= 0.6 is 11.3 Å². The molecular weight excluding hydrogens is 452 g/mol. The van der Waals surface area contributed by atoms with Gasteiger partial charge in [0.2, 0.25) is 5.91 Å². The van der Waals surface area contributed by atoms with Gasteiger partial charge in [0.05, 0.1) is 15.7 Å². The van der Waals surface area contributed by atoms with E-state index in [1.165, 1.54) is 28.0 Å². The molecule has 3 aromatic rings. The van der Waals surface area contributed by atoms with E-state index in [1.54, 1.807) is 23.7 Å². The van der Waals surface area contributed by atoms with Crippen LogP contribution in [0.25, 0.3) is 10.2 Å². The maximum atomic E-state index is 13.6. The molecule has 0 bridgehead atoms. The fourth-order valence-electron chi connectivity index (χ4n) is 2.90. The maximum absolute atomic E-state index is 13.6. The maximum Gasteiger partial charge on any atom is 0.330 e. The Bertz CT molecular complexity index is 1230. The molecule has 0 spiro atoms. The van der Waals surface area contributed by atoms with E-state index in [-0.39, 0.29) is 12.0 Å². The van der Waals surface area contributed by atoms with Gasteiger partial charge in [0.1, 0.15) is 17.7 Å². The van der Waals surface area contributed by atoms with E-state index >= 15 is 0 Å². The Balaban J connectivity index is 1.88. The highest BCUT2D eigenvalue weighted by Crippen LogP contribution is 2.24. The molecule has 0 saturated carbocycles. The van der Waals surface area contributed by atoms with Crippen molar-refractivity contribution in [3.63, 3.8) is 0 Å². The largest absolute Gasteiger partial charge is 0.330 e. The van der Waals surface area contributed by atoms with Crippen molar-refractivity contribution in [3.05, 3.63) is 59.1 Å². The number of halogens is 2. The van der Waals surface area contributed by atoms with Gasteiger partial charge in [-0.2, -0.15) is 8.42 Å². The van der Waals surface area contributed by atoms with Crippen LogP contribution in [0, 0.1) is 11.6 Å². The lowest BCUT2D eigenvalue weighted by Crippen LogP contribution is -2.53. The summed E-state index contributed by atoms with van der Waals surface area (Å²) < 4.78 is 51.7. The minimum Gasteiger partial charge on any atom is -0.325 e. The smallest absolute Gasteiger partial charge is 0.325 e. The van der Waals surface area contributed by atoms with Gasteiger partial charge in [-0.3, -0.25) is 4.79 Å². The van der Waals surface area contributed by atoms with Crippen LogP contribution in [0.5, 0.6) is 0 Å². The van der Waals surface area contributed by atoms with Crippen molar-refractivity contribution < 1.29 is 26.8 Å². The fraction of sp³-hybridized carbons (Fsp3) is 0.167. The van der Waals surface area contributed by atoms with Gasteiger partial charge < -0.3 is 10.2 Å². The average molecular weight is 469 g/mol. The second kappa shape index (κ2) is 8.91. The van der Waals surface area contributed by atoms with Gasteiger partial charge >= 0.3 is 6.03 Å². The van der Waals surface area contributed by atoms with Gasteiger partial charge in [-0.1, -0.05) is 0 Å². The number of fused-ring (bicyclic) bond motifs is 1. The Morgan fingerprint density at radius 3 is 2.52 bits per heavy atom. The molecule has 164 valence electrons. The number of nitrogens with one attached hydrogen (secondary N) is 2. The molecule has 1 heterocycles. The third-order valence-corrected chi connectivity index (χ3v) is 5.51. The first-order valence-electron chi connectivity index (χ1n) is 8.68. The number of amides is 3. The molecule has 0 aliphatic carbocycles. The van der Waals surface area contributed by atoms with Crippen molar-refractivity contribution in [2.24, 2.45) is 5.14 Å². The Morgan fingerprint density at radius 2 is 1.87 bits per heavy atom. The Kier molecular flexibility index (Phi) is 6.48. The molecule has 4 N–H and O–H groups in total. The zero-order valence-corrected chi connectivity index (χ0v) is 17.6. The van der Waals surface area contributed by atoms with Gasteiger partial charge in [-0.05, 0) is 35.9 Å². The molecule has 0 radical (unpaired) electrons. The van der Waals surface area contributed by atoms with Crippen LogP contribution in [0.4, 0.5) is 19.3 Å². The average Bonchev–Trinajstić information content (AvgIpc) is 3.11. The van der Waals surface area contributed by atoms with Gasteiger partial charge in [0.25, 0.3) is 10.2 Å². The zero-order valence-electron chi connectivity index (χ0n) is 16.0. The summed E-state index contributed by atoms with van der Waals surface area (Å²) in [6, 6.07) is 5.14. The van der Waals surface area contributed by atoms with Gasteiger partial charge in [-0.15, -0.1) is 11.3 Å². The number of anilines is 1. The van der Waals surface area contributed by atoms with E-state index < -0.39 is 39.8 Å². The van der Waals surface area contributed by atoms with E-state index in [0.717, 1.165) is 16.8 Å². The minimum absolute atomic E-state index is 0.0788. The van der Waals surface area contributed by atoms with E-state index in [0.29, 0.717) is 17.3 Å². The summed E-state index contributed by atoms with van der Waals surface area (Å²) in [7, 11) is -2.95. The van der Waals surface area contributed by atoms with Crippen molar-refractivity contribution in [3.8, 4) is 0 Å². The van der Waals surface area contributed by atoms with Crippen LogP contribution < -0.4 is 20.1 Å². The summed E-state index contributed by atoms with van der Waals surface area (Å²) >= 11 is 1.42. The predicted octanol–water partition coefficient (Wildman–Crippen LogP) is 1.65. The number of nitrogens with two attached hydrogens (primary N) is 1. The quantitative estimate of drug-likeness (QED) is 0.505.